The van der Waals surface area contributed by atoms with Gasteiger partial charge in [0.2, 0.25) is 11.9 Å². The van der Waals surface area contributed by atoms with Gasteiger partial charge in [-0.25, -0.2) is 19.9 Å². The van der Waals surface area contributed by atoms with Gasteiger partial charge in [0.1, 0.15) is 11.6 Å². The number of nitrogens with zero attached hydrogens (tertiary/aromatic N) is 6. The summed E-state index contributed by atoms with van der Waals surface area (Å²) in [6.07, 6.45) is 7.28. The van der Waals surface area contributed by atoms with Crippen LogP contribution in [0.3, 0.4) is 0 Å². The molecule has 10 nitrogen and oxygen atoms in total. The molecule has 1 N–H and O–H groups in total. The highest BCUT2D eigenvalue weighted by molar-refractivity contribution is 6.74. The number of aromatic nitrogens is 4. The summed E-state index contributed by atoms with van der Waals surface area (Å²) in [5.41, 5.74) is 0.892. The normalized spacial score (nSPS) is 23.0. The predicted octanol–water partition coefficient (Wildman–Crippen LogP) is 4.93. The number of carbonyl (C=O) groups excluding carboxylic acids is 1. The van der Waals surface area contributed by atoms with Crippen molar-refractivity contribution in [3.05, 3.63) is 23.8 Å². The lowest BCUT2D eigenvalue weighted by atomic mass is 9.80. The Labute approximate surface area is 233 Å². The van der Waals surface area contributed by atoms with Crippen molar-refractivity contribution >= 4 is 37.5 Å². The van der Waals surface area contributed by atoms with E-state index in [-0.39, 0.29) is 23.2 Å². The summed E-state index contributed by atoms with van der Waals surface area (Å²) in [6, 6.07) is 0. The van der Waals surface area contributed by atoms with Crippen LogP contribution in [-0.4, -0.2) is 66.5 Å². The van der Waals surface area contributed by atoms with E-state index in [1.807, 2.05) is 7.05 Å². The molecule has 212 valence electrons. The number of hydrogen-bond acceptors (Lipinski definition) is 9. The summed E-state index contributed by atoms with van der Waals surface area (Å²) in [4.78, 5) is 37.3. The predicted molar refractivity (Wildman–Crippen MR) is 155 cm³/mol. The molecule has 0 bridgehead atoms. The van der Waals surface area contributed by atoms with E-state index < -0.39 is 13.7 Å². The van der Waals surface area contributed by atoms with Crippen LogP contribution in [0.2, 0.25) is 18.1 Å². The molecular weight excluding hydrogens is 510 g/mol. The topological polar surface area (TPSA) is 106 Å². The van der Waals surface area contributed by atoms with Crippen LogP contribution in [0, 0.1) is 0 Å². The molecule has 39 heavy (non-hydrogen) atoms. The number of rotatable bonds is 6. The zero-order valence-electron chi connectivity index (χ0n) is 24.7. The highest BCUT2D eigenvalue weighted by Gasteiger charge is 2.55. The first-order chi connectivity index (χ1) is 18.4. The number of anilines is 4. The van der Waals surface area contributed by atoms with Crippen LogP contribution >= 0.6 is 0 Å². The van der Waals surface area contributed by atoms with Gasteiger partial charge in [-0.15, -0.1) is 0 Å². The van der Waals surface area contributed by atoms with Crippen molar-refractivity contribution < 1.29 is 14.0 Å². The van der Waals surface area contributed by atoms with Gasteiger partial charge in [-0.1, -0.05) is 33.6 Å². The second-order valence-electron chi connectivity index (χ2n) is 12.8. The van der Waals surface area contributed by atoms with Crippen LogP contribution in [0.25, 0.3) is 0 Å². The molecule has 0 aromatic carbocycles. The van der Waals surface area contributed by atoms with Gasteiger partial charge in [-0.2, -0.15) is 0 Å². The minimum absolute atomic E-state index is 0.0354. The third-order valence-electron chi connectivity index (χ3n) is 8.89. The molecular formula is C28H43N7O3Si. The second kappa shape index (κ2) is 10.1. The van der Waals surface area contributed by atoms with Gasteiger partial charge >= 0.3 is 0 Å². The fourth-order valence-electron chi connectivity index (χ4n) is 5.84. The molecule has 0 unspecified atom stereocenters. The zero-order chi connectivity index (χ0) is 28.2. The monoisotopic (exact) mass is 553 g/mol. The molecule has 3 aliphatic rings. The van der Waals surface area contributed by atoms with Crippen molar-refractivity contribution in [2.45, 2.75) is 103 Å². The number of hydrogen-bond donors (Lipinski definition) is 1. The number of morpholine rings is 1. The van der Waals surface area contributed by atoms with Crippen molar-refractivity contribution in [3.63, 3.8) is 0 Å². The molecule has 2 fully saturated rings. The Morgan fingerprint density at radius 1 is 1.10 bits per heavy atom. The van der Waals surface area contributed by atoms with Crippen molar-refractivity contribution in [2.75, 3.05) is 35.3 Å². The third-order valence-corrected chi connectivity index (χ3v) is 13.4. The van der Waals surface area contributed by atoms with Gasteiger partial charge in [0, 0.05) is 20.1 Å². The van der Waals surface area contributed by atoms with E-state index in [0.29, 0.717) is 35.7 Å². The molecule has 1 saturated carbocycles. The fourth-order valence-corrected chi connectivity index (χ4v) is 6.76. The average Bonchev–Trinajstić information content (AvgIpc) is 3.45. The Morgan fingerprint density at radius 3 is 2.28 bits per heavy atom. The lowest BCUT2D eigenvalue weighted by molar-refractivity contribution is -0.122. The average molecular weight is 554 g/mol. The molecule has 11 heteroatoms. The van der Waals surface area contributed by atoms with Crippen LogP contribution in [0.1, 0.15) is 71.7 Å². The van der Waals surface area contributed by atoms with Crippen LogP contribution in [0.5, 0.6) is 0 Å². The molecule has 5 rings (SSSR count). The highest BCUT2D eigenvalue weighted by Crippen LogP contribution is 2.54. The van der Waals surface area contributed by atoms with Gasteiger partial charge < -0.3 is 19.4 Å². The fraction of sp³-hybridized carbons (Fsp3) is 0.679. The van der Waals surface area contributed by atoms with Crippen molar-refractivity contribution in [1.29, 1.82) is 0 Å². The first kappa shape index (κ1) is 27.9. The SMILES string of the molecule is CNc1nc(CO[Si](C)(C)C(C)(C)C)nc2c1C1(CCCC1)C(=O)N2c1cnc(N2C[C@@H](C)O[C@@H](C)C2)nc1. The summed E-state index contributed by atoms with van der Waals surface area (Å²) in [7, 11) is -0.155. The standard InChI is InChI=1S/C28H43N7O3Si/c1-18-15-34(16-19(2)38-18)26-30-13-20(14-31-26)35-24-22(28(25(35)36)11-9-10-12-28)23(29-6)32-21(33-24)17-37-39(7,8)27(3,4)5/h13-14,18-19H,9-12,15-17H2,1-8H3,(H,29,32,33)/t18-,19+. The Balaban J connectivity index is 1.52. The smallest absolute Gasteiger partial charge is 0.243 e. The molecule has 1 aliphatic carbocycles. The molecule has 1 saturated heterocycles. The van der Waals surface area contributed by atoms with E-state index in [1.165, 1.54) is 0 Å². The van der Waals surface area contributed by atoms with E-state index >= 15 is 0 Å². The largest absolute Gasteiger partial charge is 0.409 e. The number of amides is 1. The lowest BCUT2D eigenvalue weighted by Gasteiger charge is -2.36. The summed E-state index contributed by atoms with van der Waals surface area (Å²) in [5.74, 6) is 2.59. The Hall–Kier alpha value is -2.63. The minimum atomic E-state index is -2.01. The number of carbonyl (C=O) groups is 1. The lowest BCUT2D eigenvalue weighted by Crippen LogP contribution is -2.46. The Kier molecular flexibility index (Phi) is 7.22. The van der Waals surface area contributed by atoms with Gasteiger partial charge in [0.15, 0.2) is 14.1 Å². The molecule has 2 aliphatic heterocycles. The van der Waals surface area contributed by atoms with Gasteiger partial charge in [0.05, 0.1) is 47.9 Å². The van der Waals surface area contributed by atoms with E-state index in [0.717, 1.165) is 44.3 Å². The maximum Gasteiger partial charge on any atom is 0.243 e. The number of nitrogens with one attached hydrogen (secondary N) is 1. The zero-order valence-corrected chi connectivity index (χ0v) is 25.7. The van der Waals surface area contributed by atoms with Gasteiger partial charge in [-0.3, -0.25) is 9.69 Å². The molecule has 4 heterocycles. The highest BCUT2D eigenvalue weighted by atomic mass is 28.4. The van der Waals surface area contributed by atoms with Crippen molar-refractivity contribution in [1.82, 2.24) is 19.9 Å². The van der Waals surface area contributed by atoms with Crippen LogP contribution < -0.4 is 15.1 Å². The second-order valence-corrected chi connectivity index (χ2v) is 17.6. The molecule has 2 aromatic heterocycles. The van der Waals surface area contributed by atoms with E-state index in [2.05, 4.69) is 67.9 Å². The first-order valence-corrected chi connectivity index (χ1v) is 17.1. The Morgan fingerprint density at radius 2 is 1.72 bits per heavy atom. The molecule has 1 amide bonds. The van der Waals surface area contributed by atoms with Crippen LogP contribution in [0.4, 0.5) is 23.3 Å². The quantitative estimate of drug-likeness (QED) is 0.498. The van der Waals surface area contributed by atoms with Crippen LogP contribution in [-0.2, 0) is 26.0 Å². The third kappa shape index (κ3) is 4.93. The van der Waals surface area contributed by atoms with Crippen molar-refractivity contribution in [3.8, 4) is 0 Å². The van der Waals surface area contributed by atoms with Gasteiger partial charge in [0.25, 0.3) is 0 Å². The minimum Gasteiger partial charge on any atom is -0.409 e. The van der Waals surface area contributed by atoms with E-state index in [1.54, 1.807) is 17.3 Å². The summed E-state index contributed by atoms with van der Waals surface area (Å²) in [5, 5.41) is 3.35. The maximum atomic E-state index is 14.2. The molecule has 2 atom stereocenters. The Bertz CT molecular complexity index is 1210. The van der Waals surface area contributed by atoms with Crippen LogP contribution in [0.15, 0.2) is 12.4 Å². The summed E-state index contributed by atoms with van der Waals surface area (Å²) < 4.78 is 12.3. The molecule has 0 radical (unpaired) electrons. The number of fused-ring (bicyclic) bond motifs is 2. The number of ether oxygens (including phenoxy) is 1. The molecule has 2 aromatic rings. The van der Waals surface area contributed by atoms with Gasteiger partial charge in [-0.05, 0) is 44.8 Å². The summed E-state index contributed by atoms with van der Waals surface area (Å²) >= 11 is 0. The summed E-state index contributed by atoms with van der Waals surface area (Å²) in [6.45, 7) is 17.0. The van der Waals surface area contributed by atoms with E-state index in [4.69, 9.17) is 19.1 Å². The maximum absolute atomic E-state index is 14.2. The van der Waals surface area contributed by atoms with Crippen molar-refractivity contribution in [2.24, 2.45) is 0 Å². The van der Waals surface area contributed by atoms with E-state index in [9.17, 15) is 4.79 Å². The first-order valence-electron chi connectivity index (χ1n) is 14.2. The molecule has 1 spiro atoms.